The van der Waals surface area contributed by atoms with Gasteiger partial charge in [-0.05, 0) is 29.5 Å². The molecule has 0 saturated carbocycles. The molecule has 0 amide bonds. The van der Waals surface area contributed by atoms with Gasteiger partial charge in [-0.15, -0.1) is 11.8 Å². The Labute approximate surface area is 80.2 Å². The van der Waals surface area contributed by atoms with Crippen LogP contribution in [0.15, 0.2) is 34.3 Å². The lowest BCUT2D eigenvalue weighted by molar-refractivity contribution is 0.186. The van der Waals surface area contributed by atoms with Crippen LogP contribution in [0.4, 0.5) is 0 Å². The lowest BCUT2D eigenvalue weighted by Gasteiger charge is -2.03. The zero-order chi connectivity index (χ0) is 9.68. The minimum Gasteiger partial charge on any atom is -0.382 e. The van der Waals surface area contributed by atoms with E-state index in [0.717, 1.165) is 4.90 Å². The van der Waals surface area contributed by atoms with Crippen LogP contribution >= 0.6 is 11.8 Å². The highest BCUT2D eigenvalue weighted by Crippen LogP contribution is 2.19. The van der Waals surface area contributed by atoms with Crippen molar-refractivity contribution >= 4 is 11.8 Å². The van der Waals surface area contributed by atoms with Crippen molar-refractivity contribution < 1.29 is 5.11 Å². The van der Waals surface area contributed by atoms with E-state index < -0.39 is 6.23 Å². The molecule has 5 heteroatoms. The van der Waals surface area contributed by atoms with Gasteiger partial charge in [-0.1, -0.05) is 17.2 Å². The van der Waals surface area contributed by atoms with E-state index in [1.54, 1.807) is 23.9 Å². The molecule has 0 radical (unpaired) electrons. The van der Waals surface area contributed by atoms with Crippen LogP contribution in [-0.4, -0.2) is 11.4 Å². The van der Waals surface area contributed by atoms with Gasteiger partial charge < -0.3 is 5.11 Å². The van der Waals surface area contributed by atoms with Gasteiger partial charge in [-0.2, -0.15) is 0 Å². The van der Waals surface area contributed by atoms with E-state index in [1.807, 2.05) is 18.4 Å². The Balaban J connectivity index is 2.85. The van der Waals surface area contributed by atoms with E-state index in [0.29, 0.717) is 5.56 Å². The lowest BCUT2D eigenvalue weighted by Crippen LogP contribution is -1.90. The number of benzene rings is 1. The molecule has 0 aliphatic rings. The number of nitrogens with zero attached hydrogens (tertiary/aromatic N) is 3. The van der Waals surface area contributed by atoms with Crippen LogP contribution in [0.2, 0.25) is 0 Å². The predicted octanol–water partition coefficient (Wildman–Crippen LogP) is 2.71. The van der Waals surface area contributed by atoms with Crippen molar-refractivity contribution in [2.24, 2.45) is 5.11 Å². The number of azide groups is 1. The lowest BCUT2D eigenvalue weighted by atomic mass is 10.2. The number of rotatable bonds is 3. The Hall–Kier alpha value is -1.16. The number of hydrogen-bond donors (Lipinski definition) is 1. The van der Waals surface area contributed by atoms with E-state index in [1.165, 1.54) is 0 Å². The highest BCUT2D eigenvalue weighted by Gasteiger charge is 2.02. The number of hydrogen-bond acceptors (Lipinski definition) is 3. The van der Waals surface area contributed by atoms with E-state index in [4.69, 9.17) is 5.53 Å². The highest BCUT2D eigenvalue weighted by atomic mass is 32.2. The zero-order valence-corrected chi connectivity index (χ0v) is 7.90. The summed E-state index contributed by atoms with van der Waals surface area (Å²) in [5.41, 5.74) is 8.70. The molecule has 0 bridgehead atoms. The van der Waals surface area contributed by atoms with E-state index in [2.05, 4.69) is 10.0 Å². The normalized spacial score (nSPS) is 11.8. The van der Waals surface area contributed by atoms with Crippen molar-refractivity contribution in [3.8, 4) is 0 Å². The van der Waals surface area contributed by atoms with Crippen molar-refractivity contribution in [1.82, 2.24) is 0 Å². The Kier molecular flexibility index (Phi) is 3.64. The summed E-state index contributed by atoms with van der Waals surface area (Å²) < 4.78 is 0. The molecule has 13 heavy (non-hydrogen) atoms. The minimum absolute atomic E-state index is 0.607. The maximum absolute atomic E-state index is 9.26. The van der Waals surface area contributed by atoms with Gasteiger partial charge >= 0.3 is 0 Å². The third-order valence-corrected chi connectivity index (χ3v) is 2.32. The summed E-state index contributed by atoms with van der Waals surface area (Å²) in [6.45, 7) is 0. The molecular formula is C8H9N3OS. The maximum atomic E-state index is 9.26. The van der Waals surface area contributed by atoms with Gasteiger partial charge in [0, 0.05) is 9.81 Å². The average Bonchev–Trinajstić information content (AvgIpc) is 2.18. The molecule has 0 fully saturated rings. The molecule has 4 nitrogen and oxygen atoms in total. The van der Waals surface area contributed by atoms with Gasteiger partial charge in [0.05, 0.1) is 0 Å². The van der Waals surface area contributed by atoms with Gasteiger partial charge in [0.25, 0.3) is 0 Å². The third kappa shape index (κ3) is 2.66. The number of aliphatic hydroxyl groups excluding tert-OH is 1. The van der Waals surface area contributed by atoms with Crippen molar-refractivity contribution in [3.05, 3.63) is 40.3 Å². The van der Waals surface area contributed by atoms with Gasteiger partial charge in [-0.25, -0.2) is 0 Å². The molecule has 1 rings (SSSR count). The molecule has 0 spiro atoms. The molecule has 0 heterocycles. The fourth-order valence-electron chi connectivity index (χ4n) is 0.892. The standard InChI is InChI=1S/C8H9N3OS/c1-13-7-4-2-6(3-5-7)8(12)10-11-9/h2-5,8,12H,1H3. The predicted molar refractivity (Wildman–Crippen MR) is 52.3 cm³/mol. The van der Waals surface area contributed by atoms with Gasteiger partial charge in [-0.3, -0.25) is 0 Å². The topological polar surface area (TPSA) is 69.0 Å². The van der Waals surface area contributed by atoms with Crippen LogP contribution in [0.1, 0.15) is 11.8 Å². The Morgan fingerprint density at radius 2 is 2.08 bits per heavy atom. The third-order valence-electron chi connectivity index (χ3n) is 1.57. The molecule has 0 saturated heterocycles. The molecule has 0 aromatic heterocycles. The SMILES string of the molecule is CSc1ccc(C(O)N=[N+]=[N-])cc1. The fraction of sp³-hybridized carbons (Fsp3) is 0.250. The molecule has 68 valence electrons. The van der Waals surface area contributed by atoms with Crippen molar-refractivity contribution in [3.63, 3.8) is 0 Å². The first-order valence-corrected chi connectivity index (χ1v) is 4.86. The van der Waals surface area contributed by atoms with Crippen molar-refractivity contribution in [2.75, 3.05) is 6.26 Å². The first kappa shape index (κ1) is 9.92. The van der Waals surface area contributed by atoms with Gasteiger partial charge in [0.1, 0.15) is 0 Å². The van der Waals surface area contributed by atoms with Crippen LogP contribution in [-0.2, 0) is 0 Å². The summed E-state index contributed by atoms with van der Waals surface area (Å²) in [5, 5.41) is 12.4. The molecule has 1 unspecified atom stereocenters. The summed E-state index contributed by atoms with van der Waals surface area (Å²) in [6.07, 6.45) is 0.889. The molecule has 1 N–H and O–H groups in total. The monoisotopic (exact) mass is 195 g/mol. The Bertz CT molecular complexity index is 319. The number of aliphatic hydroxyl groups is 1. The second kappa shape index (κ2) is 4.77. The summed E-state index contributed by atoms with van der Waals surface area (Å²) in [7, 11) is 0. The Morgan fingerprint density at radius 3 is 2.54 bits per heavy atom. The second-order valence-electron chi connectivity index (χ2n) is 2.35. The van der Waals surface area contributed by atoms with Crippen LogP contribution in [0, 0.1) is 0 Å². The second-order valence-corrected chi connectivity index (χ2v) is 3.23. The molecule has 1 aromatic rings. The fourth-order valence-corrected chi connectivity index (χ4v) is 1.30. The largest absolute Gasteiger partial charge is 0.382 e. The molecule has 1 aromatic carbocycles. The molecule has 0 aliphatic carbocycles. The summed E-state index contributed by atoms with van der Waals surface area (Å²) >= 11 is 1.62. The minimum atomic E-state index is -1.08. The number of thioether (sulfide) groups is 1. The van der Waals surface area contributed by atoms with Crippen LogP contribution < -0.4 is 0 Å². The van der Waals surface area contributed by atoms with E-state index >= 15 is 0 Å². The molecule has 1 atom stereocenters. The summed E-state index contributed by atoms with van der Waals surface area (Å²) in [4.78, 5) is 3.63. The molecule has 0 aliphatic heterocycles. The van der Waals surface area contributed by atoms with E-state index in [9.17, 15) is 5.11 Å². The van der Waals surface area contributed by atoms with Crippen LogP contribution in [0.25, 0.3) is 10.4 Å². The van der Waals surface area contributed by atoms with Crippen molar-refractivity contribution in [2.45, 2.75) is 11.1 Å². The first-order chi connectivity index (χ1) is 6.27. The highest BCUT2D eigenvalue weighted by molar-refractivity contribution is 7.98. The molecular weight excluding hydrogens is 186 g/mol. The smallest absolute Gasteiger partial charge is 0.158 e. The zero-order valence-electron chi connectivity index (χ0n) is 7.08. The Morgan fingerprint density at radius 1 is 1.46 bits per heavy atom. The quantitative estimate of drug-likeness (QED) is 0.348. The average molecular weight is 195 g/mol. The summed E-state index contributed by atoms with van der Waals surface area (Å²) in [5.74, 6) is 0. The van der Waals surface area contributed by atoms with Crippen molar-refractivity contribution in [1.29, 1.82) is 0 Å². The first-order valence-electron chi connectivity index (χ1n) is 3.64. The summed E-state index contributed by atoms with van der Waals surface area (Å²) in [6, 6.07) is 7.22. The van der Waals surface area contributed by atoms with Gasteiger partial charge in [0.15, 0.2) is 6.23 Å². The van der Waals surface area contributed by atoms with Gasteiger partial charge in [0.2, 0.25) is 0 Å². The van der Waals surface area contributed by atoms with Crippen LogP contribution in [0.3, 0.4) is 0 Å². The van der Waals surface area contributed by atoms with E-state index in [-0.39, 0.29) is 0 Å². The maximum Gasteiger partial charge on any atom is 0.158 e. The van der Waals surface area contributed by atoms with Crippen LogP contribution in [0.5, 0.6) is 0 Å².